The van der Waals surface area contributed by atoms with Crippen LogP contribution >= 0.6 is 11.3 Å². The van der Waals surface area contributed by atoms with Gasteiger partial charge >= 0.3 is 0 Å². The van der Waals surface area contributed by atoms with Gasteiger partial charge in [-0.25, -0.2) is 0 Å². The second-order valence-corrected chi connectivity index (χ2v) is 6.54. The van der Waals surface area contributed by atoms with E-state index in [-0.39, 0.29) is 0 Å². The van der Waals surface area contributed by atoms with E-state index in [4.69, 9.17) is 10.5 Å². The molecule has 2 N–H and O–H groups in total. The molecule has 1 fully saturated rings. The number of hydrogen-bond acceptors (Lipinski definition) is 3. The van der Waals surface area contributed by atoms with Crippen LogP contribution in [0, 0.1) is 12.8 Å². The van der Waals surface area contributed by atoms with Gasteiger partial charge < -0.3 is 10.5 Å². The van der Waals surface area contributed by atoms with E-state index in [2.05, 4.69) is 19.9 Å². The van der Waals surface area contributed by atoms with Gasteiger partial charge in [0.25, 0.3) is 0 Å². The molecule has 1 saturated carbocycles. The van der Waals surface area contributed by atoms with Crippen molar-refractivity contribution in [1.82, 2.24) is 0 Å². The zero-order chi connectivity index (χ0) is 12.3. The number of thiophene rings is 1. The Labute approximate surface area is 108 Å². The first kappa shape index (κ1) is 13.1. The fraction of sp³-hybridized carbons (Fsp3) is 0.714. The maximum atomic E-state index is 6.04. The van der Waals surface area contributed by atoms with Crippen molar-refractivity contribution in [2.45, 2.75) is 58.8 Å². The molecule has 2 rings (SSSR count). The third kappa shape index (κ3) is 3.54. The molecule has 1 heterocycles. The van der Waals surface area contributed by atoms with Gasteiger partial charge in [0.2, 0.25) is 0 Å². The third-order valence-corrected chi connectivity index (χ3v) is 4.75. The van der Waals surface area contributed by atoms with Crippen LogP contribution < -0.4 is 5.73 Å². The van der Waals surface area contributed by atoms with Crippen molar-refractivity contribution in [2.24, 2.45) is 11.7 Å². The second kappa shape index (κ2) is 5.98. The van der Waals surface area contributed by atoms with Crippen molar-refractivity contribution in [2.75, 3.05) is 0 Å². The topological polar surface area (TPSA) is 35.2 Å². The first-order valence-corrected chi connectivity index (χ1v) is 7.40. The zero-order valence-corrected chi connectivity index (χ0v) is 11.7. The summed E-state index contributed by atoms with van der Waals surface area (Å²) >= 11 is 1.80. The van der Waals surface area contributed by atoms with E-state index in [1.54, 1.807) is 11.3 Å². The molecule has 2 atom stereocenters. The van der Waals surface area contributed by atoms with Crippen molar-refractivity contribution in [3.05, 3.63) is 21.4 Å². The quantitative estimate of drug-likeness (QED) is 0.889. The normalized spacial score (nSPS) is 25.1. The molecule has 17 heavy (non-hydrogen) atoms. The molecule has 1 aromatic heterocycles. The Morgan fingerprint density at radius 2 is 2.29 bits per heavy atom. The summed E-state index contributed by atoms with van der Waals surface area (Å²) in [7, 11) is 0. The average Bonchev–Trinajstić information content (AvgIpc) is 2.68. The number of nitrogens with two attached hydrogens (primary N) is 1. The molecule has 3 heteroatoms. The van der Waals surface area contributed by atoms with E-state index >= 15 is 0 Å². The summed E-state index contributed by atoms with van der Waals surface area (Å²) in [5.74, 6) is 0.830. The number of rotatable bonds is 4. The van der Waals surface area contributed by atoms with Gasteiger partial charge in [-0.1, -0.05) is 19.8 Å². The number of hydrogen-bond donors (Lipinski definition) is 1. The maximum Gasteiger partial charge on any atom is 0.0731 e. The summed E-state index contributed by atoms with van der Waals surface area (Å²) in [4.78, 5) is 2.62. The molecule has 96 valence electrons. The molecule has 0 saturated heterocycles. The van der Waals surface area contributed by atoms with Crippen LogP contribution in [0.1, 0.15) is 47.9 Å². The molecule has 1 aromatic rings. The van der Waals surface area contributed by atoms with Crippen LogP contribution in [0.5, 0.6) is 0 Å². The smallest absolute Gasteiger partial charge is 0.0731 e. The van der Waals surface area contributed by atoms with Gasteiger partial charge in [-0.2, -0.15) is 0 Å². The summed E-state index contributed by atoms with van der Waals surface area (Å²) in [6, 6.07) is 2.20. The monoisotopic (exact) mass is 253 g/mol. The molecule has 1 aliphatic rings. The maximum absolute atomic E-state index is 6.04. The van der Waals surface area contributed by atoms with E-state index in [1.807, 2.05) is 0 Å². The Morgan fingerprint density at radius 3 is 2.94 bits per heavy atom. The van der Waals surface area contributed by atoms with Gasteiger partial charge in [0.1, 0.15) is 0 Å². The van der Waals surface area contributed by atoms with Gasteiger partial charge in [0.15, 0.2) is 0 Å². The minimum Gasteiger partial charge on any atom is -0.373 e. The zero-order valence-electron chi connectivity index (χ0n) is 10.9. The highest BCUT2D eigenvalue weighted by atomic mass is 32.1. The van der Waals surface area contributed by atoms with Gasteiger partial charge in [-0.05, 0) is 37.3 Å². The number of ether oxygens (including phenoxy) is 1. The number of aryl methyl sites for hydroxylation is 1. The minimum atomic E-state index is 0.472. The highest BCUT2D eigenvalue weighted by molar-refractivity contribution is 7.12. The van der Waals surface area contributed by atoms with Crippen LogP contribution in [0.25, 0.3) is 0 Å². The lowest BCUT2D eigenvalue weighted by atomic mass is 9.89. The van der Waals surface area contributed by atoms with Crippen LogP contribution in [0.4, 0.5) is 0 Å². The van der Waals surface area contributed by atoms with Crippen molar-refractivity contribution in [3.63, 3.8) is 0 Å². The fourth-order valence-electron chi connectivity index (χ4n) is 2.57. The Morgan fingerprint density at radius 1 is 1.47 bits per heavy atom. The van der Waals surface area contributed by atoms with Crippen molar-refractivity contribution in [3.8, 4) is 0 Å². The summed E-state index contributed by atoms with van der Waals surface area (Å²) < 4.78 is 6.04. The Balaban J connectivity index is 1.86. The van der Waals surface area contributed by atoms with Crippen LogP contribution in [-0.2, 0) is 17.9 Å². The molecule has 2 nitrogen and oxygen atoms in total. The van der Waals surface area contributed by atoms with E-state index in [0.29, 0.717) is 12.6 Å². The highest BCUT2D eigenvalue weighted by Gasteiger charge is 2.19. The molecular formula is C14H23NOS. The summed E-state index contributed by atoms with van der Waals surface area (Å²) in [5, 5.41) is 0. The molecular weight excluding hydrogens is 230 g/mol. The average molecular weight is 253 g/mol. The van der Waals surface area contributed by atoms with E-state index in [0.717, 1.165) is 12.5 Å². The fourth-order valence-corrected chi connectivity index (χ4v) is 3.50. The summed E-state index contributed by atoms with van der Waals surface area (Å²) in [6.07, 6.45) is 5.63. The molecule has 1 aliphatic carbocycles. The van der Waals surface area contributed by atoms with E-state index < -0.39 is 0 Å². The van der Waals surface area contributed by atoms with Gasteiger partial charge in [-0.15, -0.1) is 11.3 Å². The van der Waals surface area contributed by atoms with Crippen LogP contribution in [0.15, 0.2) is 6.07 Å². The lowest BCUT2D eigenvalue weighted by Crippen LogP contribution is -2.21. The van der Waals surface area contributed by atoms with Crippen molar-refractivity contribution < 1.29 is 4.74 Å². The molecule has 2 unspecified atom stereocenters. The molecule has 0 aliphatic heterocycles. The Kier molecular flexibility index (Phi) is 4.60. The van der Waals surface area contributed by atoms with Crippen LogP contribution in [0.3, 0.4) is 0 Å². The van der Waals surface area contributed by atoms with Gasteiger partial charge in [0, 0.05) is 16.3 Å². The second-order valence-electron chi connectivity index (χ2n) is 5.20. The Bertz CT molecular complexity index is 361. The lowest BCUT2D eigenvalue weighted by molar-refractivity contribution is 0.00462. The summed E-state index contributed by atoms with van der Waals surface area (Å²) in [5.41, 5.74) is 6.99. The van der Waals surface area contributed by atoms with Crippen molar-refractivity contribution in [1.29, 1.82) is 0 Å². The first-order chi connectivity index (χ1) is 8.19. The predicted octanol–water partition coefficient (Wildman–Crippen LogP) is 3.61. The highest BCUT2D eigenvalue weighted by Crippen LogP contribution is 2.28. The molecule has 0 radical (unpaired) electrons. The predicted molar refractivity (Wildman–Crippen MR) is 73.2 cm³/mol. The van der Waals surface area contributed by atoms with E-state index in [9.17, 15) is 0 Å². The largest absolute Gasteiger partial charge is 0.373 e. The standard InChI is InChI=1S/C14H23NOS/c1-10-4-3-5-13(6-10)16-9-12-7-14(8-15)17-11(12)2/h7,10,13H,3-6,8-9,15H2,1-2H3. The molecule has 0 bridgehead atoms. The van der Waals surface area contributed by atoms with Crippen LogP contribution in [-0.4, -0.2) is 6.10 Å². The lowest BCUT2D eigenvalue weighted by Gasteiger charge is -2.26. The van der Waals surface area contributed by atoms with E-state index in [1.165, 1.54) is 41.0 Å². The van der Waals surface area contributed by atoms with Gasteiger partial charge in [-0.3, -0.25) is 0 Å². The molecule has 0 spiro atoms. The van der Waals surface area contributed by atoms with Crippen LogP contribution in [0.2, 0.25) is 0 Å². The SMILES string of the molecule is Cc1sc(CN)cc1COC1CCCC(C)C1. The first-order valence-electron chi connectivity index (χ1n) is 6.59. The minimum absolute atomic E-state index is 0.472. The Hall–Kier alpha value is -0.380. The third-order valence-electron chi connectivity index (χ3n) is 3.64. The molecule has 0 amide bonds. The van der Waals surface area contributed by atoms with Crippen molar-refractivity contribution >= 4 is 11.3 Å². The molecule has 0 aromatic carbocycles. The van der Waals surface area contributed by atoms with Gasteiger partial charge in [0.05, 0.1) is 12.7 Å². The summed E-state index contributed by atoms with van der Waals surface area (Å²) in [6.45, 7) is 5.90.